The molecule has 3 aliphatic rings. The molecule has 0 spiro atoms. The van der Waals surface area contributed by atoms with Crippen LogP contribution in [0.2, 0.25) is 0 Å². The van der Waals surface area contributed by atoms with Gasteiger partial charge in [0, 0.05) is 55.9 Å². The van der Waals surface area contributed by atoms with Crippen molar-refractivity contribution in [1.82, 2.24) is 23.4 Å². The van der Waals surface area contributed by atoms with Gasteiger partial charge in [-0.15, -0.1) is 37.5 Å². The zero-order chi connectivity index (χ0) is 76.9. The number of hydrogen-bond acceptors (Lipinski definition) is 0. The molecule has 0 saturated heterocycles. The number of rotatable bonds is 6. The smallest absolute Gasteiger partial charge is 0.155 e. The van der Waals surface area contributed by atoms with Crippen LogP contribution in [0.3, 0.4) is 0 Å². The van der Waals surface area contributed by atoms with E-state index in [4.69, 9.17) is 0 Å². The van der Waals surface area contributed by atoms with Crippen molar-refractivity contribution in [1.29, 1.82) is 0 Å². The fraction of sp³-hybridized carbons (Fsp3) is 0.400. The summed E-state index contributed by atoms with van der Waals surface area (Å²) < 4.78 is 22.7. The van der Waals surface area contributed by atoms with Crippen molar-refractivity contribution in [3.05, 3.63) is 284 Å². The highest BCUT2D eigenvalue weighted by atomic mass is 15.4. The lowest BCUT2D eigenvalue weighted by atomic mass is 9.59. The zero-order valence-electron chi connectivity index (χ0n) is 69.5. The van der Waals surface area contributed by atoms with Gasteiger partial charge >= 0.3 is 0 Å². The van der Waals surface area contributed by atoms with Crippen molar-refractivity contribution >= 4 is 0 Å². The third-order valence-electron chi connectivity index (χ3n) is 25.6. The summed E-state index contributed by atoms with van der Waals surface area (Å²) >= 11 is 0. The molecule has 0 atom stereocenters. The van der Waals surface area contributed by atoms with Gasteiger partial charge < -0.3 is 0 Å². The summed E-state index contributed by atoms with van der Waals surface area (Å²) in [5.74, 6) is 1.00. The van der Waals surface area contributed by atoms with E-state index in [1.807, 2.05) is 0 Å². The van der Waals surface area contributed by atoms with Crippen molar-refractivity contribution in [2.24, 2.45) is 35.2 Å². The Morgan fingerprint density at radius 1 is 0.352 bits per heavy atom. The fourth-order valence-electron chi connectivity index (χ4n) is 17.2. The first kappa shape index (κ1) is 76.7. The molecule has 105 heavy (non-hydrogen) atoms. The highest BCUT2D eigenvalue weighted by Crippen LogP contribution is 2.53. The summed E-state index contributed by atoms with van der Waals surface area (Å²) in [4.78, 5) is 0. The monoisotopic (exact) mass is 1400 g/mol. The molecule has 15 rings (SSSR count). The zero-order valence-corrected chi connectivity index (χ0v) is 69.5. The van der Waals surface area contributed by atoms with Crippen LogP contribution in [0.4, 0.5) is 0 Å². The summed E-state index contributed by atoms with van der Waals surface area (Å²) in [6.45, 7) is 57.2. The fourth-order valence-corrected chi connectivity index (χ4v) is 17.2. The third kappa shape index (κ3) is 12.9. The second-order valence-corrected chi connectivity index (χ2v) is 34.5. The molecular formula is C95H123N10+5. The first-order valence-corrected chi connectivity index (χ1v) is 38.2. The predicted molar refractivity (Wildman–Crippen MR) is 435 cm³/mol. The Kier molecular flexibility index (Phi) is 20.6. The number of fused-ring (bicyclic) bond motifs is 9. The van der Waals surface area contributed by atoms with Gasteiger partial charge in [0.05, 0.1) is 53.1 Å². The van der Waals surface area contributed by atoms with Crippen molar-refractivity contribution in [2.45, 2.75) is 217 Å². The Labute approximate surface area is 630 Å². The van der Waals surface area contributed by atoms with E-state index in [-0.39, 0.29) is 32.5 Å². The Morgan fingerprint density at radius 2 is 0.762 bits per heavy atom. The molecule has 0 bridgehead atoms. The molecule has 0 unspecified atom stereocenters. The maximum atomic E-state index is 2.41. The summed E-state index contributed by atoms with van der Waals surface area (Å²) in [5, 5.41) is 0. The van der Waals surface area contributed by atoms with Crippen LogP contribution in [0.5, 0.6) is 0 Å². The van der Waals surface area contributed by atoms with E-state index in [1.54, 1.807) is 0 Å². The van der Waals surface area contributed by atoms with E-state index in [0.717, 1.165) is 0 Å². The second-order valence-electron chi connectivity index (χ2n) is 34.5. The molecule has 0 aliphatic carbocycles. The van der Waals surface area contributed by atoms with Gasteiger partial charge in [-0.25, -0.2) is 0 Å². The molecule has 7 aromatic carbocycles. The lowest BCUT2D eigenvalue weighted by Gasteiger charge is -2.46. The number of aryl methyl sites for hydroxylation is 13. The summed E-state index contributed by atoms with van der Waals surface area (Å²) in [7, 11) is 10.6. The van der Waals surface area contributed by atoms with Crippen molar-refractivity contribution in [3.63, 3.8) is 0 Å². The molecule has 0 fully saturated rings. The molecule has 548 valence electrons. The molecule has 10 nitrogen and oxygen atoms in total. The maximum absolute atomic E-state index is 2.41. The highest BCUT2D eigenvalue weighted by Gasteiger charge is 2.55. The molecule has 8 heterocycles. The minimum absolute atomic E-state index is 0.0964. The van der Waals surface area contributed by atoms with Crippen LogP contribution in [-0.4, -0.2) is 23.4 Å². The quantitative estimate of drug-likeness (QED) is 0.149. The van der Waals surface area contributed by atoms with Crippen LogP contribution >= 0.6 is 0 Å². The topological polar surface area (TPSA) is 44.0 Å². The number of benzene rings is 7. The molecular weight excluding hydrogens is 1280 g/mol. The second kappa shape index (κ2) is 28.1. The van der Waals surface area contributed by atoms with Gasteiger partial charge in [-0.2, -0.15) is 4.68 Å². The Balaban J connectivity index is 0.000000132. The van der Waals surface area contributed by atoms with Crippen LogP contribution in [0, 0.1) is 62.3 Å². The van der Waals surface area contributed by atoms with Crippen LogP contribution in [0.15, 0.2) is 189 Å². The Hall–Kier alpha value is -9.41. The van der Waals surface area contributed by atoms with E-state index in [2.05, 4.69) is 444 Å². The molecule has 0 N–H and O–H groups in total. The maximum Gasteiger partial charge on any atom is 0.242 e. The van der Waals surface area contributed by atoms with Gasteiger partial charge in [0.2, 0.25) is 23.8 Å². The van der Waals surface area contributed by atoms with E-state index in [0.29, 0.717) is 11.8 Å². The minimum atomic E-state index is 0.0964. The predicted octanol–water partition coefficient (Wildman–Crippen LogP) is 19.6. The Morgan fingerprint density at radius 3 is 1.26 bits per heavy atom. The van der Waals surface area contributed by atoms with Crippen LogP contribution < -0.4 is 23.4 Å². The van der Waals surface area contributed by atoms with Gasteiger partial charge in [0.15, 0.2) is 40.6 Å². The van der Waals surface area contributed by atoms with Crippen LogP contribution in [0.1, 0.15) is 218 Å². The van der Waals surface area contributed by atoms with E-state index in [9.17, 15) is 0 Å². The molecule has 3 aliphatic heterocycles. The van der Waals surface area contributed by atoms with Crippen molar-refractivity contribution in [3.8, 4) is 50.7 Å². The highest BCUT2D eigenvalue weighted by molar-refractivity contribution is 5.72. The lowest BCUT2D eigenvalue weighted by molar-refractivity contribution is -0.745. The summed E-state index contributed by atoms with van der Waals surface area (Å²) in [6.07, 6.45) is 13.3. The first-order valence-electron chi connectivity index (χ1n) is 38.2. The minimum Gasteiger partial charge on any atom is -0.155 e. The van der Waals surface area contributed by atoms with Crippen molar-refractivity contribution in [2.75, 3.05) is 0 Å². The summed E-state index contributed by atoms with van der Waals surface area (Å²) in [6, 6.07) is 54.9. The number of nitrogens with zero attached hydrogens (tertiary/aromatic N) is 10. The van der Waals surface area contributed by atoms with Gasteiger partial charge in [0.25, 0.3) is 0 Å². The molecule has 12 aromatic rings. The van der Waals surface area contributed by atoms with E-state index >= 15 is 0 Å². The van der Waals surface area contributed by atoms with E-state index in [1.165, 1.54) is 146 Å². The van der Waals surface area contributed by atoms with Gasteiger partial charge in [-0.3, -0.25) is 0 Å². The third-order valence-corrected chi connectivity index (χ3v) is 25.6. The number of para-hydroxylation sites is 5. The first-order chi connectivity index (χ1) is 49.1. The standard InChI is InChI=1S/C23H29N2.C19H21N2.2C18H25N2.C17H23N2/c1-16(2)20-11-9-12-21(17(3)4)23(20)19-14-24(6)25(15-19)22-13-8-7-10-18(22)5;1-14-8-5-6-11-18(14)21-13-17(12-20(21)4)19-15(2)9-7-10-16(19)3;1-12-9-8-10-14-15(12)20-16(13(2)11-19(20)7)18(5,6)17(14,3)4;1-12-9-8-10-14-16(12)20-15(11-13(2)19(20)7)18(5,6)17(14,3)4;1-12-8-7-9-13-15(12)19-14(10-11-18(19)6)17(4,5)16(13,2)3/h7-17H,1-6H3;5-13H,1-4H3;2*8-11H,1-7H3;7-11H,1-6H3/q5*+1. The Bertz CT molecular complexity index is 5170. The van der Waals surface area contributed by atoms with Gasteiger partial charge in [-0.05, 0) is 167 Å². The van der Waals surface area contributed by atoms with Crippen molar-refractivity contribution < 1.29 is 23.4 Å². The molecule has 0 radical (unpaired) electrons. The molecule has 10 heteroatoms. The molecule has 0 amide bonds. The van der Waals surface area contributed by atoms with Crippen LogP contribution in [-0.2, 0) is 67.7 Å². The number of aromatic nitrogens is 10. The molecule has 0 saturated carbocycles. The van der Waals surface area contributed by atoms with Gasteiger partial charge in [0.1, 0.15) is 22.7 Å². The average Bonchev–Trinajstić information content (AvgIpc) is 1.66. The van der Waals surface area contributed by atoms with E-state index < -0.39 is 0 Å². The largest absolute Gasteiger partial charge is 0.242 e. The lowest BCUT2D eigenvalue weighted by Crippen LogP contribution is -2.58. The summed E-state index contributed by atoms with van der Waals surface area (Å²) in [5.41, 5.74) is 35.8. The van der Waals surface area contributed by atoms with Crippen LogP contribution in [0.25, 0.3) is 50.7 Å². The normalized spacial score (nSPS) is 15.4. The van der Waals surface area contributed by atoms with Gasteiger partial charge in [-0.1, -0.05) is 229 Å². The SMILES string of the molecule is Cc1cccc2c1-[n+]1c(cc(C)n1C)C(C)(C)C2(C)C.Cc1cccc2c1-n1c(c(C)c[n+]1C)C(C)(C)C2(C)C.Cc1cccc2c1-n1c(cc[n+]1C)C(C)(C)C2(C)C.Cc1ccccc1-n1cc(-c2c(C(C)C)cccc2C(C)C)c[n+]1C.Cc1ccccc1-n1cc(-c2c(C)cccc2C)c[n+]1C. The molecule has 5 aromatic heterocycles. The average molecular weight is 1410 g/mol. The number of hydrogen-bond donors (Lipinski definition) is 0.